The second-order valence-corrected chi connectivity index (χ2v) is 4.42. The Labute approximate surface area is 91.5 Å². The van der Waals surface area contributed by atoms with Crippen molar-refractivity contribution in [3.05, 3.63) is 0 Å². The first-order valence-electron chi connectivity index (χ1n) is 5.82. The normalized spacial score (nSPS) is 17.0. The Morgan fingerprint density at radius 1 is 1.47 bits per heavy atom. The van der Waals surface area contributed by atoms with Crippen LogP contribution in [0.4, 0.5) is 4.79 Å². The Kier molecular flexibility index (Phi) is 4.39. The van der Waals surface area contributed by atoms with Crippen LogP contribution in [0.25, 0.3) is 0 Å². The first kappa shape index (κ1) is 12.3. The van der Waals surface area contributed by atoms with E-state index in [1.807, 2.05) is 13.8 Å². The summed E-state index contributed by atoms with van der Waals surface area (Å²) >= 11 is 0. The van der Waals surface area contributed by atoms with E-state index in [1.54, 1.807) is 0 Å². The number of ether oxygens (including phenoxy) is 1. The van der Waals surface area contributed by atoms with Gasteiger partial charge in [-0.25, -0.2) is 4.79 Å². The largest absolute Gasteiger partial charge is 0.448 e. The van der Waals surface area contributed by atoms with Crippen LogP contribution in [0, 0.1) is 0 Å². The maximum Gasteiger partial charge on any atom is 0.407 e. The van der Waals surface area contributed by atoms with E-state index in [0.717, 1.165) is 25.7 Å². The molecule has 0 aromatic carbocycles. The van der Waals surface area contributed by atoms with Crippen molar-refractivity contribution >= 4 is 6.09 Å². The smallest absolute Gasteiger partial charge is 0.407 e. The van der Waals surface area contributed by atoms with Crippen molar-refractivity contribution in [1.29, 1.82) is 0 Å². The van der Waals surface area contributed by atoms with Gasteiger partial charge in [-0.2, -0.15) is 0 Å². The van der Waals surface area contributed by atoms with Crippen LogP contribution >= 0.6 is 0 Å². The van der Waals surface area contributed by atoms with Crippen LogP contribution in [-0.4, -0.2) is 24.3 Å². The molecule has 0 heterocycles. The molecule has 1 aliphatic rings. The van der Waals surface area contributed by atoms with Gasteiger partial charge in [-0.1, -0.05) is 13.8 Å². The van der Waals surface area contributed by atoms with Crippen molar-refractivity contribution in [3.8, 4) is 0 Å². The van der Waals surface area contributed by atoms with Gasteiger partial charge in [-0.3, -0.25) is 0 Å². The molecule has 4 nitrogen and oxygen atoms in total. The summed E-state index contributed by atoms with van der Waals surface area (Å²) in [4.78, 5) is 11.3. The lowest BCUT2D eigenvalue weighted by molar-refractivity contribution is 0.106. The summed E-state index contributed by atoms with van der Waals surface area (Å²) < 4.78 is 5.12. The lowest BCUT2D eigenvalue weighted by atomic mass is 9.93. The third-order valence-electron chi connectivity index (χ3n) is 3.33. The van der Waals surface area contributed by atoms with Gasteiger partial charge in [0, 0.05) is 11.6 Å². The average molecular weight is 214 g/mol. The van der Waals surface area contributed by atoms with Crippen molar-refractivity contribution < 1.29 is 9.53 Å². The highest BCUT2D eigenvalue weighted by molar-refractivity contribution is 5.67. The van der Waals surface area contributed by atoms with Gasteiger partial charge >= 0.3 is 6.09 Å². The van der Waals surface area contributed by atoms with Crippen LogP contribution in [0.3, 0.4) is 0 Å². The zero-order valence-electron chi connectivity index (χ0n) is 9.71. The molecule has 0 aliphatic heterocycles. The number of hydrogen-bond donors (Lipinski definition) is 2. The van der Waals surface area contributed by atoms with E-state index in [4.69, 9.17) is 10.5 Å². The van der Waals surface area contributed by atoms with Gasteiger partial charge < -0.3 is 15.8 Å². The van der Waals surface area contributed by atoms with Crippen LogP contribution < -0.4 is 11.1 Å². The number of nitrogens with two attached hydrogens (primary N) is 1. The van der Waals surface area contributed by atoms with E-state index in [1.165, 1.54) is 6.42 Å². The summed E-state index contributed by atoms with van der Waals surface area (Å²) in [6, 6.07) is 0.327. The number of hydrogen-bond acceptors (Lipinski definition) is 3. The number of carbonyl (C=O) groups is 1. The van der Waals surface area contributed by atoms with Gasteiger partial charge in [0.15, 0.2) is 0 Å². The topological polar surface area (TPSA) is 64.3 Å². The molecule has 0 radical (unpaired) electrons. The zero-order chi connectivity index (χ0) is 11.3. The molecule has 1 aliphatic carbocycles. The summed E-state index contributed by atoms with van der Waals surface area (Å²) in [5, 5.41) is 2.82. The Hall–Kier alpha value is -0.770. The maximum atomic E-state index is 11.3. The van der Waals surface area contributed by atoms with Gasteiger partial charge in [0.05, 0.1) is 0 Å². The van der Waals surface area contributed by atoms with Crippen molar-refractivity contribution in [2.24, 2.45) is 5.73 Å². The van der Waals surface area contributed by atoms with E-state index in [9.17, 15) is 4.79 Å². The summed E-state index contributed by atoms with van der Waals surface area (Å²) in [5.41, 5.74) is 5.65. The molecule has 4 heteroatoms. The molecule has 0 aromatic rings. The third kappa shape index (κ3) is 3.70. The average Bonchev–Trinajstić information content (AvgIpc) is 2.20. The van der Waals surface area contributed by atoms with Crippen LogP contribution in [0.15, 0.2) is 0 Å². The van der Waals surface area contributed by atoms with Crippen molar-refractivity contribution in [2.45, 2.75) is 57.5 Å². The molecule has 1 rings (SSSR count). The molecule has 3 N–H and O–H groups in total. The third-order valence-corrected chi connectivity index (χ3v) is 3.33. The Morgan fingerprint density at radius 2 is 2.07 bits per heavy atom. The number of amides is 1. The van der Waals surface area contributed by atoms with E-state index in [0.29, 0.717) is 12.6 Å². The quantitative estimate of drug-likeness (QED) is 0.733. The Bertz CT molecular complexity index is 211. The van der Waals surface area contributed by atoms with Gasteiger partial charge in [-0.05, 0) is 32.1 Å². The molecule has 1 saturated carbocycles. The summed E-state index contributed by atoms with van der Waals surface area (Å²) in [6.45, 7) is 4.33. The molecule has 1 fully saturated rings. The monoisotopic (exact) mass is 214 g/mol. The van der Waals surface area contributed by atoms with Crippen LogP contribution in [0.2, 0.25) is 0 Å². The van der Waals surface area contributed by atoms with Crippen molar-refractivity contribution in [3.63, 3.8) is 0 Å². The van der Waals surface area contributed by atoms with Gasteiger partial charge in [-0.15, -0.1) is 0 Å². The van der Waals surface area contributed by atoms with Crippen LogP contribution in [0.5, 0.6) is 0 Å². The number of rotatable bonds is 5. The molecule has 0 aromatic heterocycles. The molecule has 15 heavy (non-hydrogen) atoms. The molecular weight excluding hydrogens is 192 g/mol. The van der Waals surface area contributed by atoms with E-state index in [-0.39, 0.29) is 11.6 Å². The fourth-order valence-electron chi connectivity index (χ4n) is 1.42. The zero-order valence-corrected chi connectivity index (χ0v) is 9.71. The number of nitrogens with one attached hydrogen (secondary N) is 1. The van der Waals surface area contributed by atoms with Gasteiger partial charge in [0.2, 0.25) is 0 Å². The summed E-state index contributed by atoms with van der Waals surface area (Å²) in [5.74, 6) is 0. The maximum absolute atomic E-state index is 11.3. The number of carbonyl (C=O) groups excluding carboxylic acids is 1. The molecule has 0 spiro atoms. The minimum Gasteiger partial charge on any atom is -0.448 e. The van der Waals surface area contributed by atoms with Crippen LogP contribution in [0.1, 0.15) is 46.0 Å². The molecule has 0 saturated heterocycles. The predicted molar refractivity (Wildman–Crippen MR) is 59.6 cm³/mol. The Balaban J connectivity index is 2.19. The highest BCUT2D eigenvalue weighted by Crippen LogP contribution is 2.18. The van der Waals surface area contributed by atoms with Gasteiger partial charge in [0.1, 0.15) is 6.61 Å². The number of alkyl carbamates (subject to hydrolysis) is 1. The minimum absolute atomic E-state index is 0.304. The van der Waals surface area contributed by atoms with E-state index >= 15 is 0 Å². The molecule has 0 atom stereocenters. The first-order valence-corrected chi connectivity index (χ1v) is 5.82. The van der Waals surface area contributed by atoms with Crippen molar-refractivity contribution in [2.75, 3.05) is 6.61 Å². The SMILES string of the molecule is CCC(N)(CC)COC(=O)NC1CCC1. The Morgan fingerprint density at radius 3 is 2.47 bits per heavy atom. The highest BCUT2D eigenvalue weighted by Gasteiger charge is 2.24. The van der Waals surface area contributed by atoms with E-state index in [2.05, 4.69) is 5.32 Å². The van der Waals surface area contributed by atoms with Crippen molar-refractivity contribution in [1.82, 2.24) is 5.32 Å². The standard InChI is InChI=1S/C11H22N2O2/c1-3-11(12,4-2)8-15-10(14)13-9-6-5-7-9/h9H,3-8,12H2,1-2H3,(H,13,14). The van der Waals surface area contributed by atoms with E-state index < -0.39 is 0 Å². The summed E-state index contributed by atoms with van der Waals surface area (Å²) in [6.07, 6.45) is 4.67. The van der Waals surface area contributed by atoms with Gasteiger partial charge in [0.25, 0.3) is 0 Å². The fraction of sp³-hybridized carbons (Fsp3) is 0.909. The first-order chi connectivity index (χ1) is 7.09. The molecule has 0 unspecified atom stereocenters. The highest BCUT2D eigenvalue weighted by atomic mass is 16.5. The second-order valence-electron chi connectivity index (χ2n) is 4.42. The second kappa shape index (κ2) is 5.35. The molecular formula is C11H22N2O2. The summed E-state index contributed by atoms with van der Waals surface area (Å²) in [7, 11) is 0. The molecule has 0 bridgehead atoms. The predicted octanol–water partition coefficient (Wildman–Crippen LogP) is 1.78. The lowest BCUT2D eigenvalue weighted by Gasteiger charge is -2.29. The fourth-order valence-corrected chi connectivity index (χ4v) is 1.42. The molecule has 88 valence electrons. The lowest BCUT2D eigenvalue weighted by Crippen LogP contribution is -2.46. The minimum atomic E-state index is -0.364. The molecule has 1 amide bonds. The van der Waals surface area contributed by atoms with Crippen LogP contribution in [-0.2, 0) is 4.74 Å².